The van der Waals surface area contributed by atoms with E-state index in [1.54, 1.807) is 6.92 Å². The molecule has 120 valence electrons. The quantitative estimate of drug-likeness (QED) is 0.876. The lowest BCUT2D eigenvalue weighted by Crippen LogP contribution is -2.55. The van der Waals surface area contributed by atoms with Crippen molar-refractivity contribution in [1.29, 1.82) is 0 Å². The molecule has 1 aromatic carbocycles. The first kappa shape index (κ1) is 16.3. The van der Waals surface area contributed by atoms with E-state index in [1.165, 1.54) is 0 Å². The van der Waals surface area contributed by atoms with Crippen molar-refractivity contribution in [2.75, 3.05) is 6.61 Å². The van der Waals surface area contributed by atoms with Crippen molar-refractivity contribution in [3.05, 3.63) is 29.8 Å². The number of nitrogens with one attached hydrogen (secondary N) is 2. The van der Waals surface area contributed by atoms with Crippen LogP contribution in [0.2, 0.25) is 0 Å². The predicted molar refractivity (Wildman–Crippen MR) is 84.5 cm³/mol. The van der Waals surface area contributed by atoms with Gasteiger partial charge in [0.1, 0.15) is 11.3 Å². The summed E-state index contributed by atoms with van der Waals surface area (Å²) in [7, 11) is 0. The molecule has 5 nitrogen and oxygen atoms in total. The molecule has 5 heteroatoms. The summed E-state index contributed by atoms with van der Waals surface area (Å²) in [5.74, 6) is 0.612. The molecule has 0 saturated carbocycles. The van der Waals surface area contributed by atoms with Gasteiger partial charge in [0.2, 0.25) is 11.8 Å². The molecule has 1 fully saturated rings. The Kier molecular flexibility index (Phi) is 5.41. The zero-order valence-electron chi connectivity index (χ0n) is 13.3. The molecule has 0 aromatic heterocycles. The highest BCUT2D eigenvalue weighted by atomic mass is 16.5. The summed E-state index contributed by atoms with van der Waals surface area (Å²) in [6, 6.07) is 7.65. The molecule has 1 aromatic rings. The van der Waals surface area contributed by atoms with Crippen LogP contribution < -0.4 is 15.4 Å². The van der Waals surface area contributed by atoms with Crippen LogP contribution in [-0.4, -0.2) is 24.0 Å². The number of amides is 2. The van der Waals surface area contributed by atoms with Crippen LogP contribution in [0.3, 0.4) is 0 Å². The monoisotopic (exact) mass is 304 g/mol. The number of rotatable bonds is 5. The second-order valence-electron chi connectivity index (χ2n) is 5.85. The fourth-order valence-electron chi connectivity index (χ4n) is 2.66. The molecule has 0 aliphatic carbocycles. The minimum atomic E-state index is -0.814. The van der Waals surface area contributed by atoms with Crippen LogP contribution in [0, 0.1) is 0 Å². The summed E-state index contributed by atoms with van der Waals surface area (Å²) in [5, 5.41) is 5.76. The van der Waals surface area contributed by atoms with Crippen LogP contribution in [0.15, 0.2) is 24.3 Å². The molecule has 1 aliphatic rings. The van der Waals surface area contributed by atoms with Gasteiger partial charge in [0, 0.05) is 13.0 Å². The zero-order chi connectivity index (χ0) is 16.0. The van der Waals surface area contributed by atoms with Gasteiger partial charge in [-0.3, -0.25) is 9.59 Å². The molecule has 0 radical (unpaired) electrons. The van der Waals surface area contributed by atoms with Crippen molar-refractivity contribution < 1.29 is 14.3 Å². The normalized spacial score (nSPS) is 21.6. The van der Waals surface area contributed by atoms with Gasteiger partial charge in [0.05, 0.1) is 6.61 Å². The molecular weight excluding hydrogens is 280 g/mol. The van der Waals surface area contributed by atoms with Crippen LogP contribution in [0.25, 0.3) is 0 Å². The average Bonchev–Trinajstić information content (AvgIpc) is 2.67. The maximum Gasteiger partial charge on any atom is 0.245 e. The summed E-state index contributed by atoms with van der Waals surface area (Å²) >= 11 is 0. The first-order valence-electron chi connectivity index (χ1n) is 7.84. The topological polar surface area (TPSA) is 67.4 Å². The van der Waals surface area contributed by atoms with Gasteiger partial charge >= 0.3 is 0 Å². The number of hydrogen-bond donors (Lipinski definition) is 2. The van der Waals surface area contributed by atoms with Gasteiger partial charge < -0.3 is 15.4 Å². The van der Waals surface area contributed by atoms with E-state index in [9.17, 15) is 9.59 Å². The van der Waals surface area contributed by atoms with Crippen molar-refractivity contribution in [3.63, 3.8) is 0 Å². The maximum atomic E-state index is 12.4. The highest BCUT2D eigenvalue weighted by Gasteiger charge is 2.35. The van der Waals surface area contributed by atoms with Crippen molar-refractivity contribution >= 4 is 11.8 Å². The molecule has 0 spiro atoms. The Morgan fingerprint density at radius 1 is 1.41 bits per heavy atom. The van der Waals surface area contributed by atoms with Gasteiger partial charge in [-0.15, -0.1) is 0 Å². The third-order valence-electron chi connectivity index (χ3n) is 3.91. The molecule has 1 atom stereocenters. The zero-order valence-corrected chi connectivity index (χ0v) is 13.3. The molecule has 2 amide bonds. The first-order chi connectivity index (χ1) is 10.5. The third-order valence-corrected chi connectivity index (χ3v) is 3.91. The van der Waals surface area contributed by atoms with Gasteiger partial charge in [-0.25, -0.2) is 0 Å². The van der Waals surface area contributed by atoms with Crippen LogP contribution >= 0.6 is 0 Å². The van der Waals surface area contributed by atoms with E-state index in [0.717, 1.165) is 24.2 Å². The molecule has 22 heavy (non-hydrogen) atoms. The van der Waals surface area contributed by atoms with Crippen LogP contribution in [-0.2, 0) is 16.1 Å². The Hall–Kier alpha value is -2.04. The lowest BCUT2D eigenvalue weighted by Gasteiger charge is -2.27. The molecule has 2 N–H and O–H groups in total. The summed E-state index contributed by atoms with van der Waals surface area (Å²) < 4.78 is 5.45. The largest absolute Gasteiger partial charge is 0.494 e. The second kappa shape index (κ2) is 7.29. The highest BCUT2D eigenvalue weighted by Crippen LogP contribution is 2.20. The average molecular weight is 304 g/mol. The van der Waals surface area contributed by atoms with Crippen LogP contribution in [0.5, 0.6) is 5.75 Å². The van der Waals surface area contributed by atoms with E-state index in [4.69, 9.17) is 4.74 Å². The highest BCUT2D eigenvalue weighted by molar-refractivity contribution is 5.91. The number of ether oxygens (including phenoxy) is 1. The Bertz CT molecular complexity index is 544. The van der Waals surface area contributed by atoms with Crippen molar-refractivity contribution in [2.45, 2.75) is 51.6 Å². The fourth-order valence-corrected chi connectivity index (χ4v) is 2.66. The smallest absolute Gasteiger partial charge is 0.245 e. The number of hydrogen-bond acceptors (Lipinski definition) is 3. The predicted octanol–water partition coefficient (Wildman–Crippen LogP) is 2.15. The van der Waals surface area contributed by atoms with Gasteiger partial charge in [-0.2, -0.15) is 0 Å². The molecular formula is C17H24N2O3. The van der Waals surface area contributed by atoms with E-state index in [-0.39, 0.29) is 11.8 Å². The van der Waals surface area contributed by atoms with E-state index < -0.39 is 5.54 Å². The second-order valence-corrected chi connectivity index (χ2v) is 5.85. The van der Waals surface area contributed by atoms with Gasteiger partial charge in [0.25, 0.3) is 0 Å². The maximum absolute atomic E-state index is 12.4. The number of carbonyl (C=O) groups is 2. The molecule has 1 unspecified atom stereocenters. The van der Waals surface area contributed by atoms with Crippen molar-refractivity contribution in [2.24, 2.45) is 0 Å². The lowest BCUT2D eigenvalue weighted by atomic mass is 9.95. The van der Waals surface area contributed by atoms with Crippen molar-refractivity contribution in [1.82, 2.24) is 10.6 Å². The first-order valence-corrected chi connectivity index (χ1v) is 7.84. The Morgan fingerprint density at radius 2 is 2.23 bits per heavy atom. The SMILES string of the molecule is CCOc1cccc(CNC(=O)C2(C)CCCCC(=O)N2)c1. The number of carbonyl (C=O) groups excluding carboxylic acids is 2. The molecule has 0 bridgehead atoms. The standard InChI is InChI=1S/C17H24N2O3/c1-3-22-14-8-6-7-13(11-14)12-18-16(21)17(2)10-5-4-9-15(20)19-17/h6-8,11H,3-5,9-10,12H2,1-2H3,(H,18,21)(H,19,20). The van der Waals surface area contributed by atoms with Crippen molar-refractivity contribution in [3.8, 4) is 5.75 Å². The Labute approximate surface area is 131 Å². The van der Waals surface area contributed by atoms with E-state index in [2.05, 4.69) is 10.6 Å². The fraction of sp³-hybridized carbons (Fsp3) is 0.529. The van der Waals surface area contributed by atoms with Gasteiger partial charge in [-0.1, -0.05) is 18.6 Å². The minimum absolute atomic E-state index is 0.0477. The third kappa shape index (κ3) is 4.23. The van der Waals surface area contributed by atoms with E-state index >= 15 is 0 Å². The lowest BCUT2D eigenvalue weighted by molar-refractivity contribution is -0.132. The van der Waals surface area contributed by atoms with Gasteiger partial charge in [-0.05, 0) is 44.4 Å². The Balaban J connectivity index is 1.96. The van der Waals surface area contributed by atoms with Crippen LogP contribution in [0.4, 0.5) is 0 Å². The molecule has 1 heterocycles. The molecule has 2 rings (SSSR count). The Morgan fingerprint density at radius 3 is 3.00 bits per heavy atom. The number of benzene rings is 1. The van der Waals surface area contributed by atoms with E-state index in [0.29, 0.717) is 26.0 Å². The summed E-state index contributed by atoms with van der Waals surface area (Å²) in [6.45, 7) is 4.76. The minimum Gasteiger partial charge on any atom is -0.494 e. The molecule has 1 aliphatic heterocycles. The molecule has 1 saturated heterocycles. The van der Waals surface area contributed by atoms with Crippen LogP contribution in [0.1, 0.15) is 45.1 Å². The summed E-state index contributed by atoms with van der Waals surface area (Å²) in [5.41, 5.74) is 0.160. The summed E-state index contributed by atoms with van der Waals surface area (Å²) in [6.07, 6.45) is 2.89. The van der Waals surface area contributed by atoms with E-state index in [1.807, 2.05) is 31.2 Å². The van der Waals surface area contributed by atoms with Gasteiger partial charge in [0.15, 0.2) is 0 Å². The summed E-state index contributed by atoms with van der Waals surface area (Å²) in [4.78, 5) is 24.1.